The third-order valence-corrected chi connectivity index (χ3v) is 3.41. The van der Waals surface area contributed by atoms with Gasteiger partial charge in [-0.1, -0.05) is 40.2 Å². The minimum absolute atomic E-state index is 0.0284. The number of non-ortho nitro benzene ring substituents is 1. The number of allylic oxidation sites excluding steroid dienone is 1. The molecule has 0 unspecified atom stereocenters. The molecule has 0 aliphatic rings. The minimum Gasteiger partial charge on any atom is -0.294 e. The first kappa shape index (κ1) is 15.1. The number of carbonyl (C=O) groups excluding carboxylic acids is 1. The third-order valence-electron chi connectivity index (χ3n) is 2.88. The lowest BCUT2D eigenvalue weighted by atomic mass is 10.1. The maximum atomic E-state index is 11.9. The van der Waals surface area contributed by atoms with Crippen LogP contribution in [0.5, 0.6) is 0 Å². The topological polar surface area (TPSA) is 60.2 Å². The molecule has 0 saturated carbocycles. The quantitative estimate of drug-likeness (QED) is 0.450. The van der Waals surface area contributed by atoms with Gasteiger partial charge in [0.2, 0.25) is 0 Å². The number of ketones is 1. The van der Waals surface area contributed by atoms with E-state index in [1.54, 1.807) is 36.4 Å². The van der Waals surface area contributed by atoms with Crippen molar-refractivity contribution in [2.75, 3.05) is 0 Å². The molecule has 2 aromatic carbocycles. The van der Waals surface area contributed by atoms with Crippen molar-refractivity contribution in [1.29, 1.82) is 0 Å². The van der Waals surface area contributed by atoms with Gasteiger partial charge in [0, 0.05) is 28.6 Å². The van der Waals surface area contributed by atoms with Crippen molar-refractivity contribution in [3.05, 3.63) is 80.3 Å². The standard InChI is InChI=1S/C16H12BrNO3/c17-14-8-6-13(7-9-14)16(19)3-1-2-12-4-10-15(11-5-12)18(20)21/h1-2,4-11H,3H2. The zero-order chi connectivity index (χ0) is 15.2. The van der Waals surface area contributed by atoms with Crippen molar-refractivity contribution < 1.29 is 9.72 Å². The Hall–Kier alpha value is -2.27. The molecule has 0 heterocycles. The normalized spacial score (nSPS) is 10.7. The summed E-state index contributed by atoms with van der Waals surface area (Å²) in [6.45, 7) is 0. The second kappa shape index (κ2) is 6.95. The van der Waals surface area contributed by atoms with Gasteiger partial charge in [-0.05, 0) is 29.8 Å². The van der Waals surface area contributed by atoms with Crippen LogP contribution in [0.25, 0.3) is 6.08 Å². The number of benzene rings is 2. The Labute approximate surface area is 130 Å². The summed E-state index contributed by atoms with van der Waals surface area (Å²) >= 11 is 3.32. The molecule has 0 atom stereocenters. The number of hydrogen-bond donors (Lipinski definition) is 0. The first-order chi connectivity index (χ1) is 10.1. The molecule has 4 nitrogen and oxygen atoms in total. The predicted molar refractivity (Wildman–Crippen MR) is 85.2 cm³/mol. The largest absolute Gasteiger partial charge is 0.294 e. The minimum atomic E-state index is -0.440. The van der Waals surface area contributed by atoms with Crippen LogP contribution < -0.4 is 0 Å². The molecule has 0 aliphatic carbocycles. The zero-order valence-electron chi connectivity index (χ0n) is 11.0. The van der Waals surface area contributed by atoms with Crippen LogP contribution in [0.2, 0.25) is 0 Å². The highest BCUT2D eigenvalue weighted by atomic mass is 79.9. The van der Waals surface area contributed by atoms with E-state index in [0.717, 1.165) is 10.0 Å². The van der Waals surface area contributed by atoms with Gasteiger partial charge in [0.25, 0.3) is 5.69 Å². The van der Waals surface area contributed by atoms with Gasteiger partial charge >= 0.3 is 0 Å². The number of Topliss-reactive ketones (excluding diaryl/α,β-unsaturated/α-hetero) is 1. The van der Waals surface area contributed by atoms with E-state index in [-0.39, 0.29) is 11.5 Å². The van der Waals surface area contributed by atoms with Crippen LogP contribution >= 0.6 is 15.9 Å². The van der Waals surface area contributed by atoms with Crippen LogP contribution in [0.1, 0.15) is 22.3 Å². The maximum Gasteiger partial charge on any atom is 0.269 e. The van der Waals surface area contributed by atoms with Crippen LogP contribution in [0, 0.1) is 10.1 Å². The molecule has 106 valence electrons. The Bertz CT molecular complexity index is 676. The Morgan fingerprint density at radius 3 is 2.29 bits per heavy atom. The molecule has 0 fully saturated rings. The van der Waals surface area contributed by atoms with Gasteiger partial charge in [-0.3, -0.25) is 14.9 Å². The number of rotatable bonds is 5. The molecule has 2 aromatic rings. The second-order valence-corrected chi connectivity index (χ2v) is 5.30. The van der Waals surface area contributed by atoms with Gasteiger partial charge in [0.15, 0.2) is 5.78 Å². The first-order valence-electron chi connectivity index (χ1n) is 6.26. The van der Waals surface area contributed by atoms with Crippen LogP contribution in [0.4, 0.5) is 5.69 Å². The average Bonchev–Trinajstić information content (AvgIpc) is 2.48. The van der Waals surface area contributed by atoms with Crippen LogP contribution in [0.15, 0.2) is 59.1 Å². The first-order valence-corrected chi connectivity index (χ1v) is 7.05. The molecule has 0 aliphatic heterocycles. The highest BCUT2D eigenvalue weighted by Crippen LogP contribution is 2.14. The summed E-state index contributed by atoms with van der Waals surface area (Å²) in [6, 6.07) is 13.4. The van der Waals surface area contributed by atoms with Gasteiger partial charge in [0.1, 0.15) is 0 Å². The molecule has 0 amide bonds. The summed E-state index contributed by atoms with van der Waals surface area (Å²) in [5, 5.41) is 10.5. The van der Waals surface area contributed by atoms with Crippen molar-refractivity contribution >= 4 is 33.5 Å². The fraction of sp³-hybridized carbons (Fsp3) is 0.0625. The SMILES string of the molecule is O=C(CC=Cc1ccc([N+](=O)[O-])cc1)c1ccc(Br)cc1. The van der Waals surface area contributed by atoms with E-state index in [2.05, 4.69) is 15.9 Å². The molecule has 2 rings (SSSR count). The van der Waals surface area contributed by atoms with Crippen LogP contribution in [0.3, 0.4) is 0 Å². The summed E-state index contributed by atoms with van der Waals surface area (Å²) in [5.41, 5.74) is 1.54. The van der Waals surface area contributed by atoms with Gasteiger partial charge in [-0.25, -0.2) is 0 Å². The number of nitrogens with zero attached hydrogens (tertiary/aromatic N) is 1. The second-order valence-electron chi connectivity index (χ2n) is 4.39. The van der Waals surface area contributed by atoms with E-state index >= 15 is 0 Å². The Balaban J connectivity index is 1.97. The van der Waals surface area contributed by atoms with E-state index in [4.69, 9.17) is 0 Å². The van der Waals surface area contributed by atoms with E-state index in [1.165, 1.54) is 12.1 Å². The fourth-order valence-corrected chi connectivity index (χ4v) is 2.03. The smallest absolute Gasteiger partial charge is 0.269 e. The average molecular weight is 346 g/mol. The summed E-state index contributed by atoms with van der Waals surface area (Å²) in [5.74, 6) is 0.0284. The lowest BCUT2D eigenvalue weighted by Crippen LogP contribution is -1.96. The van der Waals surface area contributed by atoms with Crippen molar-refractivity contribution in [3.8, 4) is 0 Å². The molecule has 0 N–H and O–H groups in total. The predicted octanol–water partition coefficient (Wildman–Crippen LogP) is 4.64. The van der Waals surface area contributed by atoms with Gasteiger partial charge in [0.05, 0.1) is 4.92 Å². The summed E-state index contributed by atoms with van der Waals surface area (Å²) in [7, 11) is 0. The highest BCUT2D eigenvalue weighted by molar-refractivity contribution is 9.10. The van der Waals surface area contributed by atoms with E-state index in [9.17, 15) is 14.9 Å². The van der Waals surface area contributed by atoms with Crippen LogP contribution in [-0.2, 0) is 0 Å². The number of carbonyl (C=O) groups is 1. The van der Waals surface area contributed by atoms with Crippen molar-refractivity contribution in [2.24, 2.45) is 0 Å². The molecular formula is C16H12BrNO3. The van der Waals surface area contributed by atoms with E-state index in [0.29, 0.717) is 12.0 Å². The maximum absolute atomic E-state index is 11.9. The highest BCUT2D eigenvalue weighted by Gasteiger charge is 2.04. The van der Waals surface area contributed by atoms with Crippen molar-refractivity contribution in [2.45, 2.75) is 6.42 Å². The monoisotopic (exact) mass is 345 g/mol. The van der Waals surface area contributed by atoms with Crippen molar-refractivity contribution in [3.63, 3.8) is 0 Å². The van der Waals surface area contributed by atoms with E-state index in [1.807, 2.05) is 12.1 Å². The number of halogens is 1. The summed E-state index contributed by atoms with van der Waals surface area (Å²) in [4.78, 5) is 22.0. The fourth-order valence-electron chi connectivity index (χ4n) is 1.76. The van der Waals surface area contributed by atoms with Gasteiger partial charge < -0.3 is 0 Å². The molecule has 0 saturated heterocycles. The van der Waals surface area contributed by atoms with Crippen molar-refractivity contribution in [1.82, 2.24) is 0 Å². The summed E-state index contributed by atoms with van der Waals surface area (Å²) in [6.07, 6.45) is 3.82. The van der Waals surface area contributed by atoms with Gasteiger partial charge in [-0.2, -0.15) is 0 Å². The molecule has 0 aromatic heterocycles. The van der Waals surface area contributed by atoms with Crippen LogP contribution in [-0.4, -0.2) is 10.7 Å². The number of nitro groups is 1. The zero-order valence-corrected chi connectivity index (χ0v) is 12.6. The number of nitro benzene ring substituents is 1. The lowest BCUT2D eigenvalue weighted by molar-refractivity contribution is -0.384. The molecule has 5 heteroatoms. The molecule has 0 bridgehead atoms. The molecule has 0 radical (unpaired) electrons. The number of hydrogen-bond acceptors (Lipinski definition) is 3. The Morgan fingerprint density at radius 1 is 1.10 bits per heavy atom. The molecular weight excluding hydrogens is 334 g/mol. The molecule has 21 heavy (non-hydrogen) atoms. The Kier molecular flexibility index (Phi) is 5.00. The van der Waals surface area contributed by atoms with Gasteiger partial charge in [-0.15, -0.1) is 0 Å². The molecule has 0 spiro atoms. The summed E-state index contributed by atoms with van der Waals surface area (Å²) < 4.78 is 0.931. The Morgan fingerprint density at radius 2 is 1.71 bits per heavy atom. The van der Waals surface area contributed by atoms with E-state index < -0.39 is 4.92 Å². The lowest BCUT2D eigenvalue weighted by Gasteiger charge is -1.98. The third kappa shape index (κ3) is 4.36.